The van der Waals surface area contributed by atoms with Crippen molar-refractivity contribution in [1.29, 1.82) is 0 Å². The first-order chi connectivity index (χ1) is 10.3. The lowest BCUT2D eigenvalue weighted by atomic mass is 10.2. The number of nitrogens with zero attached hydrogens (tertiary/aromatic N) is 2. The highest BCUT2D eigenvalue weighted by Crippen LogP contribution is 2.17. The van der Waals surface area contributed by atoms with E-state index in [0.717, 1.165) is 29.2 Å². The highest BCUT2D eigenvalue weighted by atomic mass is 35.5. The molecule has 2 aromatic heterocycles. The third kappa shape index (κ3) is 3.17. The van der Waals surface area contributed by atoms with Crippen molar-refractivity contribution >= 4 is 17.2 Å². The van der Waals surface area contributed by atoms with Gasteiger partial charge in [0, 0.05) is 31.0 Å². The smallest absolute Gasteiger partial charge is 0.137 e. The Hall–Kier alpha value is -2.04. The number of imidazole rings is 1. The van der Waals surface area contributed by atoms with Crippen LogP contribution in [0.5, 0.6) is 5.75 Å². The van der Waals surface area contributed by atoms with E-state index in [1.165, 1.54) is 0 Å². The average molecular weight is 302 g/mol. The van der Waals surface area contributed by atoms with E-state index < -0.39 is 0 Å². The van der Waals surface area contributed by atoms with Crippen LogP contribution in [0.15, 0.2) is 48.8 Å². The quantitative estimate of drug-likeness (QED) is 0.786. The fourth-order valence-corrected chi connectivity index (χ4v) is 2.44. The summed E-state index contributed by atoms with van der Waals surface area (Å²) in [4.78, 5) is 4.54. The molecule has 0 unspecified atom stereocenters. The van der Waals surface area contributed by atoms with Gasteiger partial charge in [0.05, 0.1) is 17.8 Å². The van der Waals surface area contributed by atoms with Gasteiger partial charge in [-0.2, -0.15) is 0 Å². The van der Waals surface area contributed by atoms with E-state index in [1.807, 2.05) is 47.1 Å². The average Bonchev–Trinajstić information content (AvgIpc) is 2.89. The molecule has 2 heterocycles. The minimum absolute atomic E-state index is 0.692. The summed E-state index contributed by atoms with van der Waals surface area (Å²) in [6.07, 6.45) is 3.84. The van der Waals surface area contributed by atoms with Crippen molar-refractivity contribution < 1.29 is 4.74 Å². The number of pyridine rings is 1. The summed E-state index contributed by atoms with van der Waals surface area (Å²) in [6.45, 7) is 1.43. The second kappa shape index (κ2) is 6.16. The van der Waals surface area contributed by atoms with E-state index in [-0.39, 0.29) is 0 Å². The van der Waals surface area contributed by atoms with Crippen LogP contribution in [-0.2, 0) is 13.1 Å². The fraction of sp³-hybridized carbons (Fsp3) is 0.188. The highest BCUT2D eigenvalue weighted by molar-refractivity contribution is 6.30. The second-order valence-corrected chi connectivity index (χ2v) is 5.20. The zero-order valence-electron chi connectivity index (χ0n) is 11.7. The summed E-state index contributed by atoms with van der Waals surface area (Å²) in [5.41, 5.74) is 3.01. The largest absolute Gasteiger partial charge is 0.496 e. The zero-order valence-corrected chi connectivity index (χ0v) is 12.5. The maximum absolute atomic E-state index is 5.97. The molecule has 0 saturated heterocycles. The molecule has 0 saturated carbocycles. The first kappa shape index (κ1) is 13.9. The Labute approximate surface area is 128 Å². The summed E-state index contributed by atoms with van der Waals surface area (Å²) in [7, 11) is 1.69. The molecule has 3 aromatic rings. The number of halogens is 1. The Balaban J connectivity index is 1.66. The Kier molecular flexibility index (Phi) is 4.08. The monoisotopic (exact) mass is 301 g/mol. The number of rotatable bonds is 5. The van der Waals surface area contributed by atoms with Gasteiger partial charge in [0.15, 0.2) is 0 Å². The Morgan fingerprint density at radius 1 is 1.14 bits per heavy atom. The van der Waals surface area contributed by atoms with Gasteiger partial charge in [0.1, 0.15) is 11.4 Å². The fourth-order valence-electron chi connectivity index (χ4n) is 2.28. The van der Waals surface area contributed by atoms with Crippen LogP contribution in [-0.4, -0.2) is 16.5 Å². The van der Waals surface area contributed by atoms with Crippen LogP contribution >= 0.6 is 11.6 Å². The van der Waals surface area contributed by atoms with Crippen molar-refractivity contribution in [3.63, 3.8) is 0 Å². The van der Waals surface area contributed by atoms with Crippen molar-refractivity contribution in [3.8, 4) is 5.75 Å². The van der Waals surface area contributed by atoms with E-state index in [2.05, 4.69) is 16.4 Å². The Morgan fingerprint density at radius 3 is 2.86 bits per heavy atom. The predicted octanol–water partition coefficient (Wildman–Crippen LogP) is 3.29. The molecule has 108 valence electrons. The zero-order chi connectivity index (χ0) is 14.7. The number of hydrogen-bond acceptors (Lipinski definition) is 3. The second-order valence-electron chi connectivity index (χ2n) is 4.76. The third-order valence-electron chi connectivity index (χ3n) is 3.28. The molecule has 1 aromatic carbocycles. The van der Waals surface area contributed by atoms with Crippen molar-refractivity contribution in [2.24, 2.45) is 0 Å². The molecule has 21 heavy (non-hydrogen) atoms. The molecule has 0 spiro atoms. The van der Waals surface area contributed by atoms with Crippen molar-refractivity contribution in [2.45, 2.75) is 13.1 Å². The first-order valence-corrected chi connectivity index (χ1v) is 7.10. The maximum Gasteiger partial charge on any atom is 0.137 e. The van der Waals surface area contributed by atoms with E-state index in [4.69, 9.17) is 16.3 Å². The maximum atomic E-state index is 5.97. The Morgan fingerprint density at radius 2 is 2.00 bits per heavy atom. The van der Waals surface area contributed by atoms with Gasteiger partial charge in [-0.3, -0.25) is 0 Å². The summed E-state index contributed by atoms with van der Waals surface area (Å²) in [5, 5.41) is 4.08. The number of fused-ring (bicyclic) bond motifs is 1. The first-order valence-electron chi connectivity index (χ1n) is 6.72. The summed E-state index contributed by atoms with van der Waals surface area (Å²) in [6, 6.07) is 11.7. The molecule has 0 amide bonds. The number of nitrogens with one attached hydrogen (secondary N) is 1. The Bertz CT molecular complexity index is 754. The molecule has 0 aliphatic carbocycles. The predicted molar refractivity (Wildman–Crippen MR) is 83.7 cm³/mol. The lowest BCUT2D eigenvalue weighted by molar-refractivity contribution is 0.407. The summed E-state index contributed by atoms with van der Waals surface area (Å²) >= 11 is 5.97. The number of benzene rings is 1. The molecule has 1 N–H and O–H groups in total. The van der Waals surface area contributed by atoms with Gasteiger partial charge in [-0.25, -0.2) is 4.98 Å². The number of ether oxygens (including phenoxy) is 1. The summed E-state index contributed by atoms with van der Waals surface area (Å²) < 4.78 is 7.27. The SMILES string of the molecule is COc1ccccc1CNCc1cn2cc(Cl)ccc2n1. The molecule has 0 aliphatic heterocycles. The topological polar surface area (TPSA) is 38.6 Å². The lowest BCUT2D eigenvalue weighted by Crippen LogP contribution is -2.13. The molecule has 3 rings (SSSR count). The molecular weight excluding hydrogens is 286 g/mol. The summed E-state index contributed by atoms with van der Waals surface area (Å²) in [5.74, 6) is 0.895. The minimum atomic E-state index is 0.692. The highest BCUT2D eigenvalue weighted by Gasteiger charge is 2.04. The van der Waals surface area contributed by atoms with Crippen LogP contribution in [0.3, 0.4) is 0 Å². The normalized spacial score (nSPS) is 11.0. The molecular formula is C16H16ClN3O. The van der Waals surface area contributed by atoms with E-state index in [9.17, 15) is 0 Å². The molecule has 0 radical (unpaired) electrons. The molecule has 0 fully saturated rings. The van der Waals surface area contributed by atoms with Gasteiger partial charge in [-0.1, -0.05) is 29.8 Å². The van der Waals surface area contributed by atoms with Gasteiger partial charge in [0.25, 0.3) is 0 Å². The van der Waals surface area contributed by atoms with Crippen LogP contribution in [0, 0.1) is 0 Å². The lowest BCUT2D eigenvalue weighted by Gasteiger charge is -2.08. The van der Waals surface area contributed by atoms with Crippen LogP contribution in [0.1, 0.15) is 11.3 Å². The number of hydrogen-bond donors (Lipinski definition) is 1. The molecule has 0 bridgehead atoms. The number of methoxy groups -OCH3 is 1. The minimum Gasteiger partial charge on any atom is -0.496 e. The van der Waals surface area contributed by atoms with Gasteiger partial charge in [-0.15, -0.1) is 0 Å². The van der Waals surface area contributed by atoms with Gasteiger partial charge < -0.3 is 14.5 Å². The standard InChI is InChI=1S/C16H16ClN3O/c1-21-15-5-3-2-4-12(15)8-18-9-14-11-20-10-13(17)6-7-16(20)19-14/h2-7,10-11,18H,8-9H2,1H3. The van der Waals surface area contributed by atoms with E-state index in [1.54, 1.807) is 7.11 Å². The van der Waals surface area contributed by atoms with Gasteiger partial charge >= 0.3 is 0 Å². The van der Waals surface area contributed by atoms with Gasteiger partial charge in [0.2, 0.25) is 0 Å². The van der Waals surface area contributed by atoms with Crippen LogP contribution < -0.4 is 10.1 Å². The van der Waals surface area contributed by atoms with Crippen LogP contribution in [0.2, 0.25) is 5.02 Å². The number of aromatic nitrogens is 2. The van der Waals surface area contributed by atoms with Crippen molar-refractivity contribution in [3.05, 3.63) is 65.1 Å². The van der Waals surface area contributed by atoms with E-state index >= 15 is 0 Å². The van der Waals surface area contributed by atoms with Crippen LogP contribution in [0.25, 0.3) is 5.65 Å². The molecule has 4 nitrogen and oxygen atoms in total. The van der Waals surface area contributed by atoms with Crippen molar-refractivity contribution in [2.75, 3.05) is 7.11 Å². The molecule has 0 atom stereocenters. The van der Waals surface area contributed by atoms with Gasteiger partial charge in [-0.05, 0) is 18.2 Å². The molecule has 0 aliphatic rings. The molecule has 5 heteroatoms. The van der Waals surface area contributed by atoms with Crippen molar-refractivity contribution in [1.82, 2.24) is 14.7 Å². The van der Waals surface area contributed by atoms with Crippen LogP contribution in [0.4, 0.5) is 0 Å². The number of para-hydroxylation sites is 1. The third-order valence-corrected chi connectivity index (χ3v) is 3.50. The van der Waals surface area contributed by atoms with E-state index in [0.29, 0.717) is 11.6 Å².